The number of likely N-dealkylation sites (tertiary alicyclic amines) is 1. The van der Waals surface area contributed by atoms with Crippen LogP contribution in [0.2, 0.25) is 0 Å². The Morgan fingerprint density at radius 1 is 1.20 bits per heavy atom. The topological polar surface area (TPSA) is 18.5 Å². The number of rotatable bonds is 3. The smallest absolute Gasteiger partial charge is 0.169 e. The maximum Gasteiger partial charge on any atom is 0.169 e. The van der Waals surface area contributed by atoms with Gasteiger partial charge < -0.3 is 15.1 Å². The number of likely N-dealkylation sites (N-methyl/N-ethyl adjacent to an activating group) is 1. The highest BCUT2D eigenvalue weighted by Gasteiger charge is 2.40. The van der Waals surface area contributed by atoms with Crippen molar-refractivity contribution in [3.63, 3.8) is 0 Å². The van der Waals surface area contributed by atoms with Crippen LogP contribution >= 0.6 is 12.2 Å². The van der Waals surface area contributed by atoms with E-state index in [0.717, 1.165) is 30.0 Å². The molecule has 1 heterocycles. The van der Waals surface area contributed by atoms with Crippen molar-refractivity contribution in [3.8, 4) is 0 Å². The van der Waals surface area contributed by atoms with Crippen molar-refractivity contribution in [2.24, 2.45) is 11.8 Å². The van der Waals surface area contributed by atoms with Crippen molar-refractivity contribution < 1.29 is 0 Å². The summed E-state index contributed by atoms with van der Waals surface area (Å²) in [4.78, 5) is 4.77. The SMILES string of the molecule is CN(C)CC1CCCCN1C(=S)NC1CC2CCC1C2. The molecular weight excluding hydrogens is 266 g/mol. The van der Waals surface area contributed by atoms with Crippen LogP contribution in [-0.4, -0.2) is 54.2 Å². The van der Waals surface area contributed by atoms with Crippen LogP contribution in [0.15, 0.2) is 0 Å². The predicted octanol–water partition coefficient (Wildman–Crippen LogP) is 2.47. The van der Waals surface area contributed by atoms with Gasteiger partial charge in [-0.05, 0) is 76.7 Å². The molecule has 20 heavy (non-hydrogen) atoms. The normalized spacial score (nSPS) is 36.6. The molecule has 4 unspecified atom stereocenters. The minimum atomic E-state index is 0.609. The van der Waals surface area contributed by atoms with E-state index in [1.54, 1.807) is 0 Å². The van der Waals surface area contributed by atoms with Gasteiger partial charge >= 0.3 is 0 Å². The second-order valence-corrected chi connectivity index (χ2v) is 7.72. The molecule has 3 fully saturated rings. The lowest BCUT2D eigenvalue weighted by Gasteiger charge is -2.40. The lowest BCUT2D eigenvalue weighted by atomic mass is 9.95. The molecule has 2 saturated carbocycles. The summed E-state index contributed by atoms with van der Waals surface area (Å²) in [6, 6.07) is 1.28. The van der Waals surface area contributed by atoms with E-state index in [1.165, 1.54) is 44.9 Å². The first-order valence-corrected chi connectivity index (χ1v) is 8.76. The van der Waals surface area contributed by atoms with E-state index in [0.29, 0.717) is 12.1 Å². The summed E-state index contributed by atoms with van der Waals surface area (Å²) in [5.74, 6) is 1.88. The maximum absolute atomic E-state index is 5.75. The average Bonchev–Trinajstić information content (AvgIpc) is 3.00. The lowest BCUT2D eigenvalue weighted by molar-refractivity contribution is 0.190. The van der Waals surface area contributed by atoms with Crippen LogP contribution in [0.5, 0.6) is 0 Å². The number of nitrogens with zero attached hydrogens (tertiary/aromatic N) is 2. The van der Waals surface area contributed by atoms with E-state index < -0.39 is 0 Å². The van der Waals surface area contributed by atoms with E-state index in [9.17, 15) is 0 Å². The van der Waals surface area contributed by atoms with Gasteiger partial charge in [-0.3, -0.25) is 0 Å². The summed E-state index contributed by atoms with van der Waals surface area (Å²) in [5.41, 5.74) is 0. The second kappa shape index (κ2) is 6.18. The Morgan fingerprint density at radius 3 is 2.70 bits per heavy atom. The monoisotopic (exact) mass is 295 g/mol. The zero-order valence-corrected chi connectivity index (χ0v) is 13.8. The molecule has 0 aromatic carbocycles. The summed E-state index contributed by atoms with van der Waals surface area (Å²) in [6.45, 7) is 2.27. The molecule has 3 rings (SSSR count). The minimum Gasteiger partial charge on any atom is -0.360 e. The first kappa shape index (κ1) is 14.6. The Kier molecular flexibility index (Phi) is 4.51. The summed E-state index contributed by atoms with van der Waals surface area (Å²) >= 11 is 5.75. The van der Waals surface area contributed by atoms with Crippen molar-refractivity contribution in [3.05, 3.63) is 0 Å². The highest BCUT2D eigenvalue weighted by Crippen LogP contribution is 2.44. The first-order chi connectivity index (χ1) is 9.63. The Bertz CT molecular complexity index is 358. The average molecular weight is 295 g/mol. The molecule has 0 radical (unpaired) electrons. The number of piperidine rings is 1. The second-order valence-electron chi connectivity index (χ2n) is 7.34. The zero-order chi connectivity index (χ0) is 14.1. The number of nitrogens with one attached hydrogen (secondary N) is 1. The van der Waals surface area contributed by atoms with Gasteiger partial charge in [0, 0.05) is 25.2 Å². The molecule has 4 atom stereocenters. The highest BCUT2D eigenvalue weighted by atomic mass is 32.1. The molecule has 0 amide bonds. The van der Waals surface area contributed by atoms with Crippen LogP contribution < -0.4 is 5.32 Å². The van der Waals surface area contributed by atoms with Crippen LogP contribution in [0, 0.1) is 11.8 Å². The fourth-order valence-corrected chi connectivity index (χ4v) is 4.93. The molecule has 2 aliphatic carbocycles. The van der Waals surface area contributed by atoms with Crippen LogP contribution in [0.25, 0.3) is 0 Å². The van der Waals surface area contributed by atoms with Crippen LogP contribution in [0.4, 0.5) is 0 Å². The van der Waals surface area contributed by atoms with Crippen LogP contribution in [0.3, 0.4) is 0 Å². The summed E-state index contributed by atoms with van der Waals surface area (Å²) in [7, 11) is 4.33. The number of fused-ring (bicyclic) bond motifs is 2. The number of hydrogen-bond donors (Lipinski definition) is 1. The van der Waals surface area contributed by atoms with E-state index in [2.05, 4.69) is 29.2 Å². The summed E-state index contributed by atoms with van der Waals surface area (Å²) < 4.78 is 0. The van der Waals surface area contributed by atoms with E-state index >= 15 is 0 Å². The fourth-order valence-electron chi connectivity index (χ4n) is 4.54. The third kappa shape index (κ3) is 3.11. The van der Waals surface area contributed by atoms with E-state index in [-0.39, 0.29) is 0 Å². The van der Waals surface area contributed by atoms with Gasteiger partial charge in [-0.25, -0.2) is 0 Å². The number of thiocarbonyl (C=S) groups is 1. The molecule has 114 valence electrons. The van der Waals surface area contributed by atoms with Crippen molar-refractivity contribution >= 4 is 17.3 Å². The van der Waals surface area contributed by atoms with Gasteiger partial charge in [-0.1, -0.05) is 6.42 Å². The van der Waals surface area contributed by atoms with Gasteiger partial charge in [0.1, 0.15) is 0 Å². The Labute approximate surface area is 129 Å². The largest absolute Gasteiger partial charge is 0.360 e. The van der Waals surface area contributed by atoms with Crippen molar-refractivity contribution in [2.45, 2.75) is 57.0 Å². The van der Waals surface area contributed by atoms with Gasteiger partial charge in [0.25, 0.3) is 0 Å². The molecule has 3 nitrogen and oxygen atoms in total. The number of hydrogen-bond acceptors (Lipinski definition) is 2. The first-order valence-electron chi connectivity index (χ1n) is 8.35. The van der Waals surface area contributed by atoms with Gasteiger partial charge in [0.2, 0.25) is 0 Å². The van der Waals surface area contributed by atoms with Crippen LogP contribution in [-0.2, 0) is 0 Å². The van der Waals surface area contributed by atoms with Gasteiger partial charge in [0.05, 0.1) is 0 Å². The predicted molar refractivity (Wildman–Crippen MR) is 87.9 cm³/mol. The van der Waals surface area contributed by atoms with Gasteiger partial charge in [-0.15, -0.1) is 0 Å². The Balaban J connectivity index is 1.57. The van der Waals surface area contributed by atoms with Crippen molar-refractivity contribution in [1.82, 2.24) is 15.1 Å². The summed E-state index contributed by atoms with van der Waals surface area (Å²) in [5, 5.41) is 4.76. The molecule has 2 bridgehead atoms. The molecule has 1 aliphatic heterocycles. The quantitative estimate of drug-likeness (QED) is 0.806. The standard InChI is InChI=1S/C16H29N3S/c1-18(2)11-14-5-3-4-8-19(14)16(20)17-15-10-12-6-7-13(15)9-12/h12-15H,3-11H2,1-2H3,(H,17,20). The molecule has 4 heteroatoms. The Morgan fingerprint density at radius 2 is 2.05 bits per heavy atom. The fraction of sp³-hybridized carbons (Fsp3) is 0.938. The molecule has 0 aromatic rings. The third-order valence-corrected chi connectivity index (χ3v) is 5.86. The van der Waals surface area contributed by atoms with Gasteiger partial charge in [-0.2, -0.15) is 0 Å². The Hall–Kier alpha value is -0.350. The van der Waals surface area contributed by atoms with E-state index in [4.69, 9.17) is 12.2 Å². The molecule has 0 aromatic heterocycles. The molecular formula is C16H29N3S. The zero-order valence-electron chi connectivity index (χ0n) is 13.0. The minimum absolute atomic E-state index is 0.609. The van der Waals surface area contributed by atoms with Crippen molar-refractivity contribution in [1.29, 1.82) is 0 Å². The lowest BCUT2D eigenvalue weighted by Crippen LogP contribution is -2.54. The molecule has 3 aliphatic rings. The summed E-state index contributed by atoms with van der Waals surface area (Å²) in [6.07, 6.45) is 9.62. The van der Waals surface area contributed by atoms with Gasteiger partial charge in [0.15, 0.2) is 5.11 Å². The van der Waals surface area contributed by atoms with Crippen molar-refractivity contribution in [2.75, 3.05) is 27.2 Å². The third-order valence-electron chi connectivity index (χ3n) is 5.51. The molecule has 1 N–H and O–H groups in total. The van der Waals surface area contributed by atoms with Crippen LogP contribution in [0.1, 0.15) is 44.9 Å². The maximum atomic E-state index is 5.75. The molecule has 0 spiro atoms. The van der Waals surface area contributed by atoms with E-state index in [1.807, 2.05) is 0 Å². The highest BCUT2D eigenvalue weighted by molar-refractivity contribution is 7.80. The molecule has 1 saturated heterocycles.